The molecule has 0 radical (unpaired) electrons. The molecular weight excluding hydrogens is 519 g/mol. The van der Waals surface area contributed by atoms with Crippen LogP contribution in [0.3, 0.4) is 0 Å². The van der Waals surface area contributed by atoms with Gasteiger partial charge in [-0.15, -0.1) is 0 Å². The van der Waals surface area contributed by atoms with Gasteiger partial charge in [-0.2, -0.15) is 18.3 Å². The fraction of sp³-hybridized carbons (Fsp3) is 0.348. The Hall–Kier alpha value is -3.08. The van der Waals surface area contributed by atoms with Gasteiger partial charge >= 0.3 is 6.18 Å². The molecule has 184 valence electrons. The molecule has 0 aliphatic rings. The van der Waals surface area contributed by atoms with Crippen LogP contribution in [0, 0.1) is 0 Å². The smallest absolute Gasteiger partial charge is 0.416 e. The number of carbonyl (C=O) groups excluding carboxylic acids is 2. The summed E-state index contributed by atoms with van der Waals surface area (Å²) in [7, 11) is 0. The van der Waals surface area contributed by atoms with Gasteiger partial charge in [0.25, 0.3) is 0 Å². The van der Waals surface area contributed by atoms with Gasteiger partial charge in [0.2, 0.25) is 11.8 Å². The van der Waals surface area contributed by atoms with E-state index in [0.29, 0.717) is 28.1 Å². The first kappa shape index (κ1) is 27.2. The van der Waals surface area contributed by atoms with E-state index in [9.17, 15) is 22.8 Å². The van der Waals surface area contributed by atoms with Crippen LogP contribution < -0.4 is 20.2 Å². The zero-order valence-corrected chi connectivity index (χ0v) is 20.4. The molecule has 0 saturated carbocycles. The SMILES string of the molecule is CCOc1cc(C=NNC(=O)CCC(=O)Nc2cccc(C(F)(F)F)c2)cc(Br)c1OC(C)C. The van der Waals surface area contributed by atoms with Gasteiger partial charge in [0, 0.05) is 18.5 Å². The van der Waals surface area contributed by atoms with Crippen molar-refractivity contribution in [2.24, 2.45) is 5.10 Å². The summed E-state index contributed by atoms with van der Waals surface area (Å²) in [6, 6.07) is 7.72. The highest BCUT2D eigenvalue weighted by molar-refractivity contribution is 9.10. The molecule has 2 aromatic rings. The van der Waals surface area contributed by atoms with E-state index in [4.69, 9.17) is 9.47 Å². The molecule has 0 fully saturated rings. The minimum Gasteiger partial charge on any atom is -0.490 e. The Morgan fingerprint density at radius 2 is 1.85 bits per heavy atom. The Morgan fingerprint density at radius 1 is 1.15 bits per heavy atom. The summed E-state index contributed by atoms with van der Waals surface area (Å²) in [4.78, 5) is 24.0. The van der Waals surface area contributed by atoms with Crippen LogP contribution in [-0.4, -0.2) is 30.7 Å². The first-order chi connectivity index (χ1) is 16.0. The van der Waals surface area contributed by atoms with Crippen LogP contribution in [0.5, 0.6) is 11.5 Å². The minimum absolute atomic E-state index is 0.00109. The van der Waals surface area contributed by atoms with Crippen LogP contribution in [0.1, 0.15) is 44.7 Å². The second kappa shape index (κ2) is 12.4. The van der Waals surface area contributed by atoms with E-state index in [1.807, 2.05) is 20.8 Å². The fourth-order valence-electron chi connectivity index (χ4n) is 2.73. The second-order valence-corrected chi connectivity index (χ2v) is 8.20. The lowest BCUT2D eigenvalue weighted by Gasteiger charge is -2.16. The van der Waals surface area contributed by atoms with Gasteiger partial charge in [0.1, 0.15) is 0 Å². The van der Waals surface area contributed by atoms with Crippen molar-refractivity contribution in [3.8, 4) is 11.5 Å². The number of rotatable bonds is 10. The number of ether oxygens (including phenoxy) is 2. The third-order valence-corrected chi connectivity index (χ3v) is 4.73. The lowest BCUT2D eigenvalue weighted by molar-refractivity contribution is -0.137. The summed E-state index contributed by atoms with van der Waals surface area (Å²) in [5.41, 5.74) is 2.07. The second-order valence-electron chi connectivity index (χ2n) is 7.35. The molecule has 2 aromatic carbocycles. The number of nitrogens with one attached hydrogen (secondary N) is 2. The first-order valence-electron chi connectivity index (χ1n) is 10.4. The maximum atomic E-state index is 12.8. The topological polar surface area (TPSA) is 89.0 Å². The van der Waals surface area contributed by atoms with Gasteiger partial charge in [0.05, 0.1) is 29.0 Å². The molecule has 34 heavy (non-hydrogen) atoms. The van der Waals surface area contributed by atoms with E-state index in [0.717, 1.165) is 12.1 Å². The standard InChI is InChI=1S/C23H25BrF3N3O4/c1-4-33-19-11-15(10-18(24)22(19)34-14(2)3)13-28-30-21(32)9-8-20(31)29-17-7-5-6-16(12-17)23(25,26)27/h5-7,10-14H,4,8-9H2,1-3H3,(H,29,31)(H,30,32). The van der Waals surface area contributed by atoms with E-state index in [1.54, 1.807) is 12.1 Å². The Labute approximate surface area is 203 Å². The maximum absolute atomic E-state index is 12.8. The third-order valence-electron chi connectivity index (χ3n) is 4.14. The number of anilines is 1. The molecule has 7 nitrogen and oxygen atoms in total. The van der Waals surface area contributed by atoms with Crippen molar-refractivity contribution in [3.63, 3.8) is 0 Å². The van der Waals surface area contributed by atoms with Crippen molar-refractivity contribution in [1.82, 2.24) is 5.43 Å². The molecule has 0 aliphatic heterocycles. The van der Waals surface area contributed by atoms with E-state index < -0.39 is 23.6 Å². The molecule has 0 atom stereocenters. The number of carbonyl (C=O) groups is 2. The quantitative estimate of drug-likeness (QED) is 0.305. The van der Waals surface area contributed by atoms with E-state index in [2.05, 4.69) is 31.8 Å². The molecule has 0 heterocycles. The van der Waals surface area contributed by atoms with Crippen LogP contribution in [0.4, 0.5) is 18.9 Å². The molecule has 0 aromatic heterocycles. The molecule has 0 aliphatic carbocycles. The summed E-state index contributed by atoms with van der Waals surface area (Å²) >= 11 is 3.44. The number of alkyl halides is 3. The molecule has 0 spiro atoms. The monoisotopic (exact) mass is 543 g/mol. The van der Waals surface area contributed by atoms with E-state index >= 15 is 0 Å². The van der Waals surface area contributed by atoms with Crippen LogP contribution in [0.15, 0.2) is 46.0 Å². The normalized spacial score (nSPS) is 11.5. The highest BCUT2D eigenvalue weighted by Gasteiger charge is 2.30. The Kier molecular flexibility index (Phi) is 9.91. The third kappa shape index (κ3) is 8.69. The van der Waals surface area contributed by atoms with Crippen LogP contribution in [0.2, 0.25) is 0 Å². The molecule has 2 amide bonds. The van der Waals surface area contributed by atoms with Gasteiger partial charge in [-0.25, -0.2) is 5.43 Å². The number of halogens is 4. The van der Waals surface area contributed by atoms with Crippen LogP contribution in [-0.2, 0) is 15.8 Å². The van der Waals surface area contributed by atoms with Gasteiger partial charge in [-0.05, 0) is 72.6 Å². The van der Waals surface area contributed by atoms with E-state index in [-0.39, 0.29) is 24.6 Å². The van der Waals surface area contributed by atoms with Crippen LogP contribution >= 0.6 is 15.9 Å². The Morgan fingerprint density at radius 3 is 2.50 bits per heavy atom. The summed E-state index contributed by atoms with van der Waals surface area (Å²) in [5.74, 6) is -0.0433. The molecule has 0 saturated heterocycles. The molecular formula is C23H25BrF3N3O4. The predicted molar refractivity (Wildman–Crippen MR) is 126 cm³/mol. The van der Waals surface area contributed by atoms with Crippen molar-refractivity contribution in [2.45, 2.75) is 45.9 Å². The van der Waals surface area contributed by atoms with Gasteiger partial charge in [-0.1, -0.05) is 6.07 Å². The number of hydrogen-bond donors (Lipinski definition) is 2. The lowest BCUT2D eigenvalue weighted by Crippen LogP contribution is -2.20. The van der Waals surface area contributed by atoms with Crippen molar-refractivity contribution in [3.05, 3.63) is 52.0 Å². The Balaban J connectivity index is 1.90. The Bertz CT molecular complexity index is 1040. The van der Waals surface area contributed by atoms with Crippen molar-refractivity contribution < 1.29 is 32.2 Å². The summed E-state index contributed by atoms with van der Waals surface area (Å²) in [5, 5.41) is 6.22. The number of hydrazone groups is 1. The molecule has 2 rings (SSSR count). The number of hydrogen-bond acceptors (Lipinski definition) is 5. The molecule has 0 bridgehead atoms. The first-order valence-corrected chi connectivity index (χ1v) is 11.2. The van der Waals surface area contributed by atoms with Crippen molar-refractivity contribution in [2.75, 3.05) is 11.9 Å². The van der Waals surface area contributed by atoms with Gasteiger partial charge < -0.3 is 14.8 Å². The number of amides is 2. The highest BCUT2D eigenvalue weighted by Crippen LogP contribution is 2.37. The zero-order valence-electron chi connectivity index (χ0n) is 18.8. The highest BCUT2D eigenvalue weighted by atomic mass is 79.9. The predicted octanol–water partition coefficient (Wildman–Crippen LogP) is 5.52. The zero-order chi connectivity index (χ0) is 25.3. The molecule has 2 N–H and O–H groups in total. The molecule has 11 heteroatoms. The lowest BCUT2D eigenvalue weighted by atomic mass is 10.2. The van der Waals surface area contributed by atoms with Crippen molar-refractivity contribution in [1.29, 1.82) is 0 Å². The summed E-state index contributed by atoms with van der Waals surface area (Å²) in [6.45, 7) is 6.07. The average molecular weight is 544 g/mol. The molecule has 0 unspecified atom stereocenters. The van der Waals surface area contributed by atoms with Crippen LogP contribution in [0.25, 0.3) is 0 Å². The average Bonchev–Trinajstić information content (AvgIpc) is 2.74. The maximum Gasteiger partial charge on any atom is 0.416 e. The summed E-state index contributed by atoms with van der Waals surface area (Å²) in [6.07, 6.45) is -3.58. The number of benzene rings is 2. The van der Waals surface area contributed by atoms with E-state index in [1.165, 1.54) is 18.3 Å². The van der Waals surface area contributed by atoms with Crippen molar-refractivity contribution >= 4 is 39.6 Å². The van der Waals surface area contributed by atoms with Gasteiger partial charge in [-0.3, -0.25) is 9.59 Å². The fourth-order valence-corrected chi connectivity index (χ4v) is 3.29. The number of nitrogens with zero attached hydrogens (tertiary/aromatic N) is 1. The van der Waals surface area contributed by atoms with Gasteiger partial charge in [0.15, 0.2) is 11.5 Å². The minimum atomic E-state index is -4.51. The summed E-state index contributed by atoms with van der Waals surface area (Å²) < 4.78 is 50.3. The largest absolute Gasteiger partial charge is 0.490 e.